The summed E-state index contributed by atoms with van der Waals surface area (Å²) >= 11 is 0. The summed E-state index contributed by atoms with van der Waals surface area (Å²) in [6.45, 7) is 13.0. The Labute approximate surface area is 135 Å². The van der Waals surface area contributed by atoms with Crippen LogP contribution in [-0.4, -0.2) is 18.0 Å². The van der Waals surface area contributed by atoms with Crippen molar-refractivity contribution in [2.24, 2.45) is 11.7 Å². The first-order chi connectivity index (χ1) is 9.10. The molecule has 0 aromatic heterocycles. The van der Waals surface area contributed by atoms with Crippen molar-refractivity contribution in [1.29, 1.82) is 0 Å². The number of amides is 1. The smallest absolute Gasteiger partial charge is 0.251 e. The molecule has 1 rings (SSSR count). The molecule has 120 valence electrons. The van der Waals surface area contributed by atoms with E-state index in [2.05, 4.69) is 39.9 Å². The number of carbonyl (C=O) groups excluding carboxylic acids is 1. The van der Waals surface area contributed by atoms with Crippen LogP contribution in [0.5, 0.6) is 0 Å². The van der Waals surface area contributed by atoms with Crippen molar-refractivity contribution in [3.8, 4) is 0 Å². The first-order valence-corrected chi connectivity index (χ1v) is 7.23. The second-order valence-corrected chi connectivity index (χ2v) is 7.06. The van der Waals surface area contributed by atoms with Crippen molar-refractivity contribution in [1.82, 2.24) is 5.32 Å². The zero-order valence-corrected chi connectivity index (χ0v) is 14.8. The van der Waals surface area contributed by atoms with Crippen LogP contribution >= 0.6 is 12.4 Å². The number of halogens is 1. The molecule has 0 saturated heterocycles. The lowest BCUT2D eigenvalue weighted by Gasteiger charge is -2.33. The van der Waals surface area contributed by atoms with Crippen molar-refractivity contribution in [2.75, 3.05) is 6.54 Å². The van der Waals surface area contributed by atoms with Crippen LogP contribution in [0.2, 0.25) is 0 Å². The summed E-state index contributed by atoms with van der Waals surface area (Å²) in [4.78, 5) is 12.3. The van der Waals surface area contributed by atoms with Gasteiger partial charge in [-0.2, -0.15) is 0 Å². The summed E-state index contributed by atoms with van der Waals surface area (Å²) in [5.41, 5.74) is 7.42. The topological polar surface area (TPSA) is 55.1 Å². The van der Waals surface area contributed by atoms with Gasteiger partial charge in [-0.05, 0) is 36.0 Å². The van der Waals surface area contributed by atoms with Gasteiger partial charge in [0.25, 0.3) is 5.91 Å². The molecule has 0 radical (unpaired) electrons. The van der Waals surface area contributed by atoms with Gasteiger partial charge in [0, 0.05) is 12.1 Å². The Hall–Kier alpha value is -1.06. The third-order valence-corrected chi connectivity index (χ3v) is 4.11. The van der Waals surface area contributed by atoms with E-state index in [1.807, 2.05) is 31.2 Å². The second-order valence-electron chi connectivity index (χ2n) is 7.06. The molecule has 0 spiro atoms. The van der Waals surface area contributed by atoms with E-state index in [4.69, 9.17) is 5.73 Å². The SMILES string of the molecule is CC(C)C(C)(CN)NC(=O)c1ccc(C(C)(C)C)cc1.Cl. The first kappa shape index (κ1) is 19.9. The fourth-order valence-corrected chi connectivity index (χ4v) is 1.88. The van der Waals surface area contributed by atoms with Crippen LogP contribution in [-0.2, 0) is 5.41 Å². The maximum Gasteiger partial charge on any atom is 0.251 e. The van der Waals surface area contributed by atoms with Crippen LogP contribution < -0.4 is 11.1 Å². The number of hydrogen-bond acceptors (Lipinski definition) is 2. The molecule has 1 aromatic carbocycles. The van der Waals surface area contributed by atoms with E-state index in [1.54, 1.807) is 0 Å². The molecule has 0 aliphatic rings. The summed E-state index contributed by atoms with van der Waals surface area (Å²) in [6, 6.07) is 7.80. The molecule has 0 fully saturated rings. The molecule has 1 atom stereocenters. The van der Waals surface area contributed by atoms with Crippen LogP contribution in [0.15, 0.2) is 24.3 Å². The lowest BCUT2D eigenvalue weighted by atomic mass is 9.86. The predicted molar refractivity (Wildman–Crippen MR) is 92.2 cm³/mol. The molecule has 0 aliphatic carbocycles. The lowest BCUT2D eigenvalue weighted by molar-refractivity contribution is 0.0883. The molecular weight excluding hydrogens is 284 g/mol. The summed E-state index contributed by atoms with van der Waals surface area (Å²) in [5.74, 6) is 0.220. The Balaban J connectivity index is 0.00000400. The van der Waals surface area contributed by atoms with E-state index in [9.17, 15) is 4.79 Å². The Morgan fingerprint density at radius 1 is 1.14 bits per heavy atom. The minimum absolute atomic E-state index is 0. The van der Waals surface area contributed by atoms with Gasteiger partial charge in [-0.15, -0.1) is 12.4 Å². The zero-order valence-electron chi connectivity index (χ0n) is 14.0. The zero-order chi connectivity index (χ0) is 15.6. The summed E-state index contributed by atoms with van der Waals surface area (Å²) in [7, 11) is 0. The van der Waals surface area contributed by atoms with Gasteiger partial charge >= 0.3 is 0 Å². The second kappa shape index (κ2) is 7.28. The molecule has 0 bridgehead atoms. The number of nitrogens with two attached hydrogens (primary N) is 1. The summed E-state index contributed by atoms with van der Waals surface area (Å²) < 4.78 is 0. The number of nitrogens with one attached hydrogen (secondary N) is 1. The summed E-state index contributed by atoms with van der Waals surface area (Å²) in [5, 5.41) is 3.05. The van der Waals surface area contributed by atoms with E-state index in [0.717, 1.165) is 0 Å². The summed E-state index contributed by atoms with van der Waals surface area (Å²) in [6.07, 6.45) is 0. The van der Waals surface area contributed by atoms with Crippen LogP contribution in [0.25, 0.3) is 0 Å². The molecular formula is C17H29ClN2O. The number of carbonyl (C=O) groups is 1. The van der Waals surface area contributed by atoms with Gasteiger partial charge in [-0.25, -0.2) is 0 Å². The molecule has 21 heavy (non-hydrogen) atoms. The molecule has 3 nitrogen and oxygen atoms in total. The van der Waals surface area contributed by atoms with Gasteiger partial charge in [-0.3, -0.25) is 4.79 Å². The van der Waals surface area contributed by atoms with Crippen molar-refractivity contribution in [2.45, 2.75) is 52.5 Å². The van der Waals surface area contributed by atoms with E-state index in [0.29, 0.717) is 12.1 Å². The van der Waals surface area contributed by atoms with Crippen LogP contribution in [0.1, 0.15) is 57.5 Å². The van der Waals surface area contributed by atoms with Gasteiger partial charge in [0.2, 0.25) is 0 Å². The largest absolute Gasteiger partial charge is 0.345 e. The first-order valence-electron chi connectivity index (χ1n) is 7.23. The minimum atomic E-state index is -0.375. The van der Waals surface area contributed by atoms with E-state index >= 15 is 0 Å². The van der Waals surface area contributed by atoms with Gasteiger partial charge in [-0.1, -0.05) is 46.8 Å². The molecule has 1 amide bonds. The fourth-order valence-electron chi connectivity index (χ4n) is 1.88. The van der Waals surface area contributed by atoms with Crippen molar-refractivity contribution in [3.05, 3.63) is 35.4 Å². The molecule has 0 saturated carbocycles. The third kappa shape index (κ3) is 5.01. The number of rotatable bonds is 4. The van der Waals surface area contributed by atoms with Crippen LogP contribution in [0.3, 0.4) is 0 Å². The van der Waals surface area contributed by atoms with Gasteiger partial charge < -0.3 is 11.1 Å². The van der Waals surface area contributed by atoms with E-state index in [1.165, 1.54) is 5.56 Å². The highest BCUT2D eigenvalue weighted by Crippen LogP contribution is 2.22. The Morgan fingerprint density at radius 2 is 1.62 bits per heavy atom. The maximum atomic E-state index is 12.3. The van der Waals surface area contributed by atoms with Crippen LogP contribution in [0.4, 0.5) is 0 Å². The number of benzene rings is 1. The average molecular weight is 313 g/mol. The highest BCUT2D eigenvalue weighted by molar-refractivity contribution is 5.94. The Kier molecular flexibility index (Phi) is 6.91. The highest BCUT2D eigenvalue weighted by atomic mass is 35.5. The minimum Gasteiger partial charge on any atom is -0.345 e. The average Bonchev–Trinajstić information content (AvgIpc) is 2.37. The van der Waals surface area contributed by atoms with Gasteiger partial charge in [0.1, 0.15) is 0 Å². The number of hydrogen-bond donors (Lipinski definition) is 2. The Bertz CT molecular complexity index is 463. The van der Waals surface area contributed by atoms with E-state index in [-0.39, 0.29) is 35.2 Å². The fraction of sp³-hybridized carbons (Fsp3) is 0.588. The molecule has 4 heteroatoms. The van der Waals surface area contributed by atoms with Crippen LogP contribution in [0, 0.1) is 5.92 Å². The van der Waals surface area contributed by atoms with Crippen molar-refractivity contribution < 1.29 is 4.79 Å². The standard InChI is InChI=1S/C17H28N2O.ClH/c1-12(2)17(6,11-18)19-15(20)13-7-9-14(10-8-13)16(3,4)5;/h7-10,12H,11,18H2,1-6H3,(H,19,20);1H. The third-order valence-electron chi connectivity index (χ3n) is 4.11. The molecule has 0 aliphatic heterocycles. The lowest BCUT2D eigenvalue weighted by Crippen LogP contribution is -2.55. The maximum absolute atomic E-state index is 12.3. The van der Waals surface area contributed by atoms with Crippen molar-refractivity contribution >= 4 is 18.3 Å². The normalized spacial score (nSPS) is 14.3. The molecule has 3 N–H and O–H groups in total. The monoisotopic (exact) mass is 312 g/mol. The van der Waals surface area contributed by atoms with E-state index < -0.39 is 0 Å². The molecule has 1 unspecified atom stereocenters. The Morgan fingerprint density at radius 3 is 1.95 bits per heavy atom. The highest BCUT2D eigenvalue weighted by Gasteiger charge is 2.28. The quantitative estimate of drug-likeness (QED) is 0.894. The van der Waals surface area contributed by atoms with Gasteiger partial charge in [0.15, 0.2) is 0 Å². The predicted octanol–water partition coefficient (Wildman–Crippen LogP) is 3.51. The molecule has 1 aromatic rings. The van der Waals surface area contributed by atoms with Gasteiger partial charge in [0.05, 0.1) is 5.54 Å². The van der Waals surface area contributed by atoms with Crippen molar-refractivity contribution in [3.63, 3.8) is 0 Å². The molecule has 0 heterocycles.